The summed E-state index contributed by atoms with van der Waals surface area (Å²) >= 11 is 5.27. The molecule has 0 aromatic carbocycles. The largest absolute Gasteiger partial charge is 0.389 e. The summed E-state index contributed by atoms with van der Waals surface area (Å²) in [5, 5.41) is 8.66. The molecule has 0 aliphatic heterocycles. The minimum absolute atomic E-state index is 0.419. The van der Waals surface area contributed by atoms with Crippen molar-refractivity contribution < 1.29 is 5.11 Å². The van der Waals surface area contributed by atoms with E-state index in [4.69, 9.17) is 16.7 Å². The van der Waals surface area contributed by atoms with Gasteiger partial charge >= 0.3 is 0 Å². The van der Waals surface area contributed by atoms with E-state index in [1.54, 1.807) is 0 Å². The van der Waals surface area contributed by atoms with Crippen LogP contribution >= 0.6 is 11.6 Å². The molecule has 7 heavy (non-hydrogen) atoms. The predicted octanol–water partition coefficient (Wildman–Crippen LogP) is 1.16. The van der Waals surface area contributed by atoms with Gasteiger partial charge in [-0.2, -0.15) is 0 Å². The molecule has 42 valence electrons. The second kappa shape index (κ2) is 4.16. The van der Waals surface area contributed by atoms with E-state index in [2.05, 4.69) is 6.58 Å². The summed E-state index contributed by atoms with van der Waals surface area (Å²) in [4.78, 5) is 0. The molecular formula is C5H9ClO. The Morgan fingerprint density at radius 1 is 1.86 bits per heavy atom. The molecule has 0 radical (unpaired) electrons. The zero-order valence-electron chi connectivity index (χ0n) is 4.10. The minimum atomic E-state index is -0.419. The lowest BCUT2D eigenvalue weighted by atomic mass is 10.3. The Balaban J connectivity index is 2.98. The Hall–Kier alpha value is -0.0100. The molecule has 1 N–H and O–H groups in total. The van der Waals surface area contributed by atoms with Gasteiger partial charge in [-0.25, -0.2) is 0 Å². The fourth-order valence-corrected chi connectivity index (χ4v) is 0.453. The molecule has 0 saturated heterocycles. The van der Waals surface area contributed by atoms with Gasteiger partial charge in [0.1, 0.15) is 0 Å². The van der Waals surface area contributed by atoms with E-state index in [0.717, 1.165) is 0 Å². The number of hydrogen-bond acceptors (Lipinski definition) is 1. The van der Waals surface area contributed by atoms with Crippen molar-refractivity contribution in [1.29, 1.82) is 0 Å². The van der Waals surface area contributed by atoms with Crippen LogP contribution in [0.2, 0.25) is 0 Å². The quantitative estimate of drug-likeness (QED) is 0.438. The topological polar surface area (TPSA) is 20.2 Å². The van der Waals surface area contributed by atoms with Gasteiger partial charge in [-0.05, 0) is 6.42 Å². The van der Waals surface area contributed by atoms with Gasteiger partial charge in [0.05, 0.1) is 6.10 Å². The SMILES string of the molecule is C=CC(O)CCCl. The lowest BCUT2D eigenvalue weighted by molar-refractivity contribution is 0.220. The lowest BCUT2D eigenvalue weighted by Crippen LogP contribution is -2.00. The Morgan fingerprint density at radius 2 is 2.43 bits per heavy atom. The van der Waals surface area contributed by atoms with Crippen molar-refractivity contribution in [3.05, 3.63) is 12.7 Å². The van der Waals surface area contributed by atoms with Crippen LogP contribution in [-0.4, -0.2) is 17.1 Å². The fraction of sp³-hybridized carbons (Fsp3) is 0.600. The highest BCUT2D eigenvalue weighted by Crippen LogP contribution is 1.92. The molecule has 0 spiro atoms. The summed E-state index contributed by atoms with van der Waals surface area (Å²) in [6, 6.07) is 0. The molecule has 0 aromatic heterocycles. The second-order valence-electron chi connectivity index (χ2n) is 1.28. The summed E-state index contributed by atoms with van der Waals surface area (Å²) in [6.45, 7) is 3.37. The van der Waals surface area contributed by atoms with Crippen LogP contribution in [0.3, 0.4) is 0 Å². The Bertz CT molecular complexity index is 54.0. The van der Waals surface area contributed by atoms with Crippen LogP contribution in [0.25, 0.3) is 0 Å². The van der Waals surface area contributed by atoms with E-state index in [-0.39, 0.29) is 0 Å². The Morgan fingerprint density at radius 3 is 2.57 bits per heavy atom. The Labute approximate surface area is 48.6 Å². The molecule has 1 unspecified atom stereocenters. The van der Waals surface area contributed by atoms with Crippen molar-refractivity contribution in [3.63, 3.8) is 0 Å². The average molecular weight is 121 g/mol. The molecule has 2 heteroatoms. The smallest absolute Gasteiger partial charge is 0.0729 e. The van der Waals surface area contributed by atoms with Crippen LogP contribution < -0.4 is 0 Å². The summed E-state index contributed by atoms with van der Waals surface area (Å²) in [6.07, 6.45) is 1.66. The molecule has 0 amide bonds. The number of alkyl halides is 1. The van der Waals surface area contributed by atoms with Crippen LogP contribution in [-0.2, 0) is 0 Å². The molecule has 1 atom stereocenters. The van der Waals surface area contributed by atoms with E-state index < -0.39 is 6.10 Å². The van der Waals surface area contributed by atoms with Crippen LogP contribution in [0, 0.1) is 0 Å². The number of halogens is 1. The molecule has 0 saturated carbocycles. The lowest BCUT2D eigenvalue weighted by Gasteiger charge is -1.96. The van der Waals surface area contributed by atoms with Gasteiger partial charge in [0.2, 0.25) is 0 Å². The molecule has 0 rings (SSSR count). The molecule has 1 nitrogen and oxygen atoms in total. The first kappa shape index (κ1) is 6.99. The highest BCUT2D eigenvalue weighted by atomic mass is 35.5. The van der Waals surface area contributed by atoms with Gasteiger partial charge in [-0.1, -0.05) is 6.08 Å². The highest BCUT2D eigenvalue weighted by Gasteiger charge is 1.92. The van der Waals surface area contributed by atoms with Gasteiger partial charge < -0.3 is 5.11 Å². The van der Waals surface area contributed by atoms with E-state index in [0.29, 0.717) is 12.3 Å². The third-order valence-electron chi connectivity index (χ3n) is 0.677. The van der Waals surface area contributed by atoms with Crippen molar-refractivity contribution in [1.82, 2.24) is 0 Å². The van der Waals surface area contributed by atoms with Crippen LogP contribution in [0.15, 0.2) is 12.7 Å². The molecule has 0 aliphatic carbocycles. The number of rotatable bonds is 3. The zero-order valence-corrected chi connectivity index (χ0v) is 4.86. The molecule has 0 fully saturated rings. The zero-order chi connectivity index (χ0) is 5.70. The van der Waals surface area contributed by atoms with Gasteiger partial charge in [0, 0.05) is 5.88 Å². The van der Waals surface area contributed by atoms with Gasteiger partial charge in [-0.15, -0.1) is 18.2 Å². The average Bonchev–Trinajstić information content (AvgIpc) is 1.68. The maximum Gasteiger partial charge on any atom is 0.0729 e. The molecule has 0 heterocycles. The highest BCUT2D eigenvalue weighted by molar-refractivity contribution is 6.17. The molecule has 0 bridgehead atoms. The third kappa shape index (κ3) is 3.83. The maximum absolute atomic E-state index is 8.66. The first-order valence-electron chi connectivity index (χ1n) is 2.18. The van der Waals surface area contributed by atoms with Crippen molar-refractivity contribution in [2.45, 2.75) is 12.5 Å². The van der Waals surface area contributed by atoms with Crippen LogP contribution in [0.4, 0.5) is 0 Å². The van der Waals surface area contributed by atoms with Crippen molar-refractivity contribution in [2.24, 2.45) is 0 Å². The molecule has 0 aliphatic rings. The predicted molar refractivity (Wildman–Crippen MR) is 31.5 cm³/mol. The van der Waals surface area contributed by atoms with E-state index in [9.17, 15) is 0 Å². The summed E-state index contributed by atoms with van der Waals surface area (Å²) in [7, 11) is 0. The first-order valence-corrected chi connectivity index (χ1v) is 2.71. The van der Waals surface area contributed by atoms with E-state index >= 15 is 0 Å². The standard InChI is InChI=1S/C5H9ClO/c1-2-5(7)3-4-6/h2,5,7H,1,3-4H2. The summed E-state index contributed by atoms with van der Waals surface area (Å²) in [5.74, 6) is 0.493. The van der Waals surface area contributed by atoms with E-state index in [1.807, 2.05) is 0 Å². The van der Waals surface area contributed by atoms with Crippen molar-refractivity contribution >= 4 is 11.6 Å². The number of hydrogen-bond donors (Lipinski definition) is 1. The molecular weight excluding hydrogens is 112 g/mol. The number of aliphatic hydroxyl groups is 1. The molecule has 0 aromatic rings. The van der Waals surface area contributed by atoms with E-state index in [1.165, 1.54) is 6.08 Å². The van der Waals surface area contributed by atoms with Crippen LogP contribution in [0.5, 0.6) is 0 Å². The maximum atomic E-state index is 8.66. The number of aliphatic hydroxyl groups excluding tert-OH is 1. The second-order valence-corrected chi connectivity index (χ2v) is 1.66. The minimum Gasteiger partial charge on any atom is -0.389 e. The monoisotopic (exact) mass is 120 g/mol. The fourth-order valence-electron chi connectivity index (χ4n) is 0.230. The summed E-state index contributed by atoms with van der Waals surface area (Å²) < 4.78 is 0. The van der Waals surface area contributed by atoms with Crippen molar-refractivity contribution in [3.8, 4) is 0 Å². The van der Waals surface area contributed by atoms with Crippen molar-refractivity contribution in [2.75, 3.05) is 5.88 Å². The van der Waals surface area contributed by atoms with Crippen LogP contribution in [0.1, 0.15) is 6.42 Å². The third-order valence-corrected chi connectivity index (χ3v) is 0.895. The first-order chi connectivity index (χ1) is 3.31. The normalized spacial score (nSPS) is 13.4. The van der Waals surface area contributed by atoms with Gasteiger partial charge in [-0.3, -0.25) is 0 Å². The van der Waals surface area contributed by atoms with Gasteiger partial charge in [0.15, 0.2) is 0 Å². The summed E-state index contributed by atoms with van der Waals surface area (Å²) in [5.41, 5.74) is 0. The Kier molecular flexibility index (Phi) is 4.15. The van der Waals surface area contributed by atoms with Gasteiger partial charge in [0.25, 0.3) is 0 Å².